The zero-order valence-electron chi connectivity index (χ0n) is 10.3. The van der Waals surface area contributed by atoms with Crippen LogP contribution >= 0.6 is 0 Å². The first-order chi connectivity index (χ1) is 7.65. The number of halogens is 1. The summed E-state index contributed by atoms with van der Waals surface area (Å²) in [4.78, 5) is 0. The smallest absolute Gasteiger partial charge is 0.123 e. The minimum Gasteiger partial charge on any atom is -0.310 e. The molecule has 3 atom stereocenters. The predicted molar refractivity (Wildman–Crippen MR) is 65.0 cm³/mol. The van der Waals surface area contributed by atoms with E-state index in [4.69, 9.17) is 0 Å². The van der Waals surface area contributed by atoms with Crippen molar-refractivity contribution < 1.29 is 4.39 Å². The Labute approximate surface area is 97.1 Å². The van der Waals surface area contributed by atoms with E-state index in [1.54, 1.807) is 12.1 Å². The molecular weight excluding hydrogens is 201 g/mol. The van der Waals surface area contributed by atoms with E-state index in [-0.39, 0.29) is 5.82 Å². The Hall–Kier alpha value is -0.890. The Morgan fingerprint density at radius 2 is 2.00 bits per heavy atom. The standard InChI is InChI=1S/C14H20FN/c1-4-7-16-14-10(3)9(2)12-6-5-11(15)8-13(12)14/h5-6,8-10,14,16H,4,7H2,1-3H3. The Balaban J connectivity index is 2.31. The maximum absolute atomic E-state index is 13.3. The Morgan fingerprint density at radius 1 is 1.25 bits per heavy atom. The zero-order valence-corrected chi connectivity index (χ0v) is 10.3. The van der Waals surface area contributed by atoms with Crippen LogP contribution in [-0.4, -0.2) is 6.54 Å². The van der Waals surface area contributed by atoms with Gasteiger partial charge in [-0.3, -0.25) is 0 Å². The van der Waals surface area contributed by atoms with E-state index in [1.165, 1.54) is 5.56 Å². The van der Waals surface area contributed by atoms with Crippen LogP contribution in [0.3, 0.4) is 0 Å². The molecule has 0 spiro atoms. The average molecular weight is 221 g/mol. The van der Waals surface area contributed by atoms with Gasteiger partial charge in [0.1, 0.15) is 5.82 Å². The van der Waals surface area contributed by atoms with Crippen LogP contribution in [0.4, 0.5) is 4.39 Å². The monoisotopic (exact) mass is 221 g/mol. The first-order valence-electron chi connectivity index (χ1n) is 6.18. The van der Waals surface area contributed by atoms with Gasteiger partial charge in [0.25, 0.3) is 0 Å². The zero-order chi connectivity index (χ0) is 11.7. The molecule has 3 unspecified atom stereocenters. The van der Waals surface area contributed by atoms with E-state index in [9.17, 15) is 4.39 Å². The summed E-state index contributed by atoms with van der Waals surface area (Å²) in [5.41, 5.74) is 2.47. The number of benzene rings is 1. The van der Waals surface area contributed by atoms with Gasteiger partial charge in [-0.05, 0) is 48.1 Å². The van der Waals surface area contributed by atoms with E-state index in [0.717, 1.165) is 18.5 Å². The molecule has 1 aliphatic rings. The van der Waals surface area contributed by atoms with Gasteiger partial charge in [-0.25, -0.2) is 4.39 Å². The second kappa shape index (κ2) is 4.54. The first kappa shape index (κ1) is 11.6. The largest absolute Gasteiger partial charge is 0.310 e. The lowest BCUT2D eigenvalue weighted by Crippen LogP contribution is -2.25. The number of hydrogen-bond donors (Lipinski definition) is 1. The van der Waals surface area contributed by atoms with Crippen molar-refractivity contribution in [3.63, 3.8) is 0 Å². The molecule has 0 aromatic heterocycles. The SMILES string of the molecule is CCCNC1c2cc(F)ccc2C(C)C1C. The number of hydrogen-bond acceptors (Lipinski definition) is 1. The number of nitrogens with one attached hydrogen (secondary N) is 1. The second-order valence-corrected chi connectivity index (χ2v) is 4.85. The molecule has 0 aliphatic heterocycles. The first-order valence-corrected chi connectivity index (χ1v) is 6.18. The molecule has 0 amide bonds. The summed E-state index contributed by atoms with van der Waals surface area (Å²) in [5, 5.41) is 3.53. The summed E-state index contributed by atoms with van der Waals surface area (Å²) in [6, 6.07) is 5.53. The van der Waals surface area contributed by atoms with Gasteiger partial charge in [0.15, 0.2) is 0 Å². The third-order valence-corrected chi connectivity index (χ3v) is 3.80. The molecule has 2 rings (SSSR count). The van der Waals surface area contributed by atoms with Crippen molar-refractivity contribution in [3.05, 3.63) is 35.1 Å². The third kappa shape index (κ3) is 1.86. The summed E-state index contributed by atoms with van der Waals surface area (Å²) < 4.78 is 13.3. The van der Waals surface area contributed by atoms with Crippen LogP contribution < -0.4 is 5.32 Å². The van der Waals surface area contributed by atoms with Crippen LogP contribution in [0, 0.1) is 11.7 Å². The molecule has 0 heterocycles. The maximum Gasteiger partial charge on any atom is 0.123 e. The van der Waals surface area contributed by atoms with Crippen molar-refractivity contribution in [2.45, 2.75) is 39.2 Å². The quantitative estimate of drug-likeness (QED) is 0.822. The fourth-order valence-electron chi connectivity index (χ4n) is 2.68. The molecular formula is C14H20FN. The number of rotatable bonds is 3. The van der Waals surface area contributed by atoms with Crippen molar-refractivity contribution in [3.8, 4) is 0 Å². The lowest BCUT2D eigenvalue weighted by Gasteiger charge is -2.20. The molecule has 0 radical (unpaired) electrons. The fourth-order valence-corrected chi connectivity index (χ4v) is 2.68. The minimum atomic E-state index is -0.122. The Morgan fingerprint density at radius 3 is 2.69 bits per heavy atom. The molecule has 16 heavy (non-hydrogen) atoms. The Bertz CT molecular complexity index is 375. The highest BCUT2D eigenvalue weighted by Gasteiger charge is 2.34. The molecule has 1 aromatic carbocycles. The van der Waals surface area contributed by atoms with Crippen molar-refractivity contribution >= 4 is 0 Å². The van der Waals surface area contributed by atoms with Gasteiger partial charge in [0.2, 0.25) is 0 Å². The molecule has 0 fully saturated rings. The summed E-state index contributed by atoms with van der Waals surface area (Å²) in [6.07, 6.45) is 1.11. The highest BCUT2D eigenvalue weighted by molar-refractivity contribution is 5.39. The van der Waals surface area contributed by atoms with Crippen LogP contribution in [-0.2, 0) is 0 Å². The second-order valence-electron chi connectivity index (χ2n) is 4.85. The molecule has 1 nitrogen and oxygen atoms in total. The normalized spacial score (nSPS) is 28.1. The van der Waals surface area contributed by atoms with Crippen LogP contribution in [0.2, 0.25) is 0 Å². The van der Waals surface area contributed by atoms with Gasteiger partial charge in [-0.2, -0.15) is 0 Å². The van der Waals surface area contributed by atoms with Crippen LogP contribution in [0.5, 0.6) is 0 Å². The highest BCUT2D eigenvalue weighted by atomic mass is 19.1. The summed E-state index contributed by atoms with van der Waals surface area (Å²) >= 11 is 0. The van der Waals surface area contributed by atoms with Crippen LogP contribution in [0.1, 0.15) is 50.3 Å². The molecule has 88 valence electrons. The average Bonchev–Trinajstić information content (AvgIpc) is 2.50. The molecule has 0 saturated heterocycles. The predicted octanol–water partition coefficient (Wildman–Crippen LogP) is 3.62. The molecule has 1 aromatic rings. The van der Waals surface area contributed by atoms with E-state index in [2.05, 4.69) is 26.1 Å². The van der Waals surface area contributed by atoms with E-state index in [1.807, 2.05) is 6.07 Å². The molecule has 0 saturated carbocycles. The fraction of sp³-hybridized carbons (Fsp3) is 0.571. The van der Waals surface area contributed by atoms with Crippen molar-refractivity contribution in [1.82, 2.24) is 5.32 Å². The van der Waals surface area contributed by atoms with Crippen LogP contribution in [0.25, 0.3) is 0 Å². The van der Waals surface area contributed by atoms with Crippen molar-refractivity contribution in [1.29, 1.82) is 0 Å². The van der Waals surface area contributed by atoms with Crippen molar-refractivity contribution in [2.75, 3.05) is 6.54 Å². The van der Waals surface area contributed by atoms with E-state index in [0.29, 0.717) is 17.9 Å². The van der Waals surface area contributed by atoms with Gasteiger partial charge < -0.3 is 5.32 Å². The summed E-state index contributed by atoms with van der Waals surface area (Å²) in [5.74, 6) is 0.941. The van der Waals surface area contributed by atoms with Crippen molar-refractivity contribution in [2.24, 2.45) is 5.92 Å². The van der Waals surface area contributed by atoms with Gasteiger partial charge in [0, 0.05) is 6.04 Å². The minimum absolute atomic E-state index is 0.122. The third-order valence-electron chi connectivity index (χ3n) is 3.80. The summed E-state index contributed by atoms with van der Waals surface area (Å²) in [7, 11) is 0. The van der Waals surface area contributed by atoms with Gasteiger partial charge >= 0.3 is 0 Å². The summed E-state index contributed by atoms with van der Waals surface area (Å²) in [6.45, 7) is 7.63. The number of fused-ring (bicyclic) bond motifs is 1. The molecule has 2 heteroatoms. The van der Waals surface area contributed by atoms with Gasteiger partial charge in [-0.15, -0.1) is 0 Å². The molecule has 1 aliphatic carbocycles. The topological polar surface area (TPSA) is 12.0 Å². The van der Waals surface area contributed by atoms with Crippen LogP contribution in [0.15, 0.2) is 18.2 Å². The lowest BCUT2D eigenvalue weighted by atomic mass is 9.94. The maximum atomic E-state index is 13.3. The van der Waals surface area contributed by atoms with Gasteiger partial charge in [0.05, 0.1) is 0 Å². The Kier molecular flexibility index (Phi) is 3.29. The van der Waals surface area contributed by atoms with Gasteiger partial charge in [-0.1, -0.05) is 26.8 Å². The molecule has 1 N–H and O–H groups in total. The lowest BCUT2D eigenvalue weighted by molar-refractivity contribution is 0.380. The van der Waals surface area contributed by atoms with E-state index >= 15 is 0 Å². The molecule has 0 bridgehead atoms. The van der Waals surface area contributed by atoms with E-state index < -0.39 is 0 Å². The highest BCUT2D eigenvalue weighted by Crippen LogP contribution is 2.44.